The van der Waals surface area contributed by atoms with Crippen LogP contribution >= 0.6 is 15.9 Å². The third kappa shape index (κ3) is 3.24. The molecule has 6 heteroatoms. The zero-order valence-electron chi connectivity index (χ0n) is 10.3. The first kappa shape index (κ1) is 13.8. The predicted octanol–water partition coefficient (Wildman–Crippen LogP) is 2.84. The highest BCUT2D eigenvalue weighted by atomic mass is 79.9. The molecule has 18 heavy (non-hydrogen) atoms. The fourth-order valence-corrected chi connectivity index (χ4v) is 3.76. The fourth-order valence-electron chi connectivity index (χ4n) is 1.97. The molecule has 1 aromatic carbocycles. The molecule has 100 valence electrons. The summed E-state index contributed by atoms with van der Waals surface area (Å²) in [6.45, 7) is 3.35. The van der Waals surface area contributed by atoms with Gasteiger partial charge in [-0.2, -0.15) is 12.7 Å². The normalized spacial score (nSPS) is 18.8. The number of piperidine rings is 1. The smallest absolute Gasteiger partial charge is 0.270 e. The van der Waals surface area contributed by atoms with Gasteiger partial charge in [-0.1, -0.05) is 19.1 Å². The van der Waals surface area contributed by atoms with Gasteiger partial charge in [-0.3, -0.25) is 4.72 Å². The summed E-state index contributed by atoms with van der Waals surface area (Å²) < 4.78 is 29.3. The Labute approximate surface area is 117 Å². The van der Waals surface area contributed by atoms with E-state index in [9.17, 15) is 8.42 Å². The molecule has 0 radical (unpaired) electrons. The number of anilines is 1. The molecular formula is C12H17BrN2O2S. The van der Waals surface area contributed by atoms with Crippen LogP contribution in [0, 0.1) is 5.92 Å². The van der Waals surface area contributed by atoms with Gasteiger partial charge in [0.25, 0.3) is 0 Å². The second-order valence-corrected chi connectivity index (χ2v) is 7.19. The monoisotopic (exact) mass is 332 g/mol. The molecule has 1 aliphatic heterocycles. The Bertz CT molecular complexity index is 511. The number of halogens is 1. The van der Waals surface area contributed by atoms with E-state index in [1.807, 2.05) is 12.1 Å². The molecule has 0 atom stereocenters. The Morgan fingerprint density at radius 3 is 2.50 bits per heavy atom. The van der Waals surface area contributed by atoms with Crippen LogP contribution in [0.2, 0.25) is 0 Å². The predicted molar refractivity (Wildman–Crippen MR) is 76.7 cm³/mol. The molecule has 1 saturated heterocycles. The van der Waals surface area contributed by atoms with Crippen molar-refractivity contribution in [2.24, 2.45) is 5.92 Å². The molecular weight excluding hydrogens is 316 g/mol. The van der Waals surface area contributed by atoms with Crippen LogP contribution in [0.15, 0.2) is 28.7 Å². The highest BCUT2D eigenvalue weighted by molar-refractivity contribution is 9.10. The maximum atomic E-state index is 12.2. The Morgan fingerprint density at radius 2 is 1.89 bits per heavy atom. The van der Waals surface area contributed by atoms with Crippen LogP contribution in [0.5, 0.6) is 0 Å². The molecule has 1 fully saturated rings. The quantitative estimate of drug-likeness (QED) is 0.925. The largest absolute Gasteiger partial charge is 0.301 e. The number of nitrogens with one attached hydrogen (secondary N) is 1. The van der Waals surface area contributed by atoms with E-state index < -0.39 is 10.2 Å². The first-order chi connectivity index (χ1) is 8.49. The Morgan fingerprint density at radius 1 is 1.28 bits per heavy atom. The van der Waals surface area contributed by atoms with E-state index in [1.54, 1.807) is 12.1 Å². The molecule has 1 heterocycles. The molecule has 0 bridgehead atoms. The molecule has 0 amide bonds. The van der Waals surface area contributed by atoms with Gasteiger partial charge in [0.1, 0.15) is 0 Å². The lowest BCUT2D eigenvalue weighted by Gasteiger charge is -2.29. The minimum absolute atomic E-state index is 0.580. The Hall–Kier alpha value is -0.590. The zero-order chi connectivity index (χ0) is 13.2. The molecule has 0 aliphatic carbocycles. The van der Waals surface area contributed by atoms with Crippen molar-refractivity contribution in [3.63, 3.8) is 0 Å². The number of rotatable bonds is 3. The fraction of sp³-hybridized carbons (Fsp3) is 0.500. The van der Waals surface area contributed by atoms with Crippen LogP contribution in [0.4, 0.5) is 5.69 Å². The summed E-state index contributed by atoms with van der Waals surface area (Å²) >= 11 is 3.34. The highest BCUT2D eigenvalue weighted by Crippen LogP contribution is 2.25. The van der Waals surface area contributed by atoms with E-state index in [2.05, 4.69) is 27.6 Å². The number of nitrogens with zero attached hydrogens (tertiary/aromatic N) is 1. The van der Waals surface area contributed by atoms with Crippen molar-refractivity contribution in [2.45, 2.75) is 19.8 Å². The molecule has 0 aromatic heterocycles. The SMILES string of the molecule is CC1CCN(S(=O)(=O)Nc2ccccc2Br)CC1. The first-order valence-corrected chi connectivity index (χ1v) is 8.25. The second kappa shape index (κ2) is 5.59. The summed E-state index contributed by atoms with van der Waals surface area (Å²) in [5, 5.41) is 0. The van der Waals surface area contributed by atoms with Crippen LogP contribution in [0.1, 0.15) is 19.8 Å². The van der Waals surface area contributed by atoms with E-state index in [4.69, 9.17) is 0 Å². The van der Waals surface area contributed by atoms with E-state index in [0.29, 0.717) is 24.7 Å². The molecule has 0 saturated carbocycles. The van der Waals surface area contributed by atoms with Crippen molar-refractivity contribution in [3.05, 3.63) is 28.7 Å². The third-order valence-corrected chi connectivity index (χ3v) is 5.41. The maximum Gasteiger partial charge on any atom is 0.301 e. The molecule has 4 nitrogen and oxygen atoms in total. The minimum atomic E-state index is -3.43. The first-order valence-electron chi connectivity index (χ1n) is 6.01. The Kier molecular flexibility index (Phi) is 4.29. The molecule has 1 N–H and O–H groups in total. The van der Waals surface area contributed by atoms with E-state index in [-0.39, 0.29) is 0 Å². The Balaban J connectivity index is 2.10. The van der Waals surface area contributed by atoms with Crippen molar-refractivity contribution >= 4 is 31.8 Å². The zero-order valence-corrected chi connectivity index (χ0v) is 12.7. The molecule has 0 unspecified atom stereocenters. The van der Waals surface area contributed by atoms with Gasteiger partial charge in [0.15, 0.2) is 0 Å². The average molecular weight is 333 g/mol. The van der Waals surface area contributed by atoms with E-state index in [0.717, 1.165) is 17.3 Å². The van der Waals surface area contributed by atoms with Gasteiger partial charge in [0.05, 0.1) is 5.69 Å². The van der Waals surface area contributed by atoms with Gasteiger partial charge in [0, 0.05) is 17.6 Å². The summed E-state index contributed by atoms with van der Waals surface area (Å²) in [6.07, 6.45) is 1.85. The van der Waals surface area contributed by atoms with Crippen LogP contribution in [-0.4, -0.2) is 25.8 Å². The van der Waals surface area contributed by atoms with Crippen molar-refractivity contribution in [1.82, 2.24) is 4.31 Å². The van der Waals surface area contributed by atoms with E-state index >= 15 is 0 Å². The van der Waals surface area contributed by atoms with Crippen molar-refractivity contribution in [3.8, 4) is 0 Å². The topological polar surface area (TPSA) is 49.4 Å². The number of para-hydroxylation sites is 1. The molecule has 1 aromatic rings. The van der Waals surface area contributed by atoms with E-state index in [1.165, 1.54) is 4.31 Å². The second-order valence-electron chi connectivity index (χ2n) is 4.67. The highest BCUT2D eigenvalue weighted by Gasteiger charge is 2.26. The van der Waals surface area contributed by atoms with Crippen LogP contribution in [0.3, 0.4) is 0 Å². The van der Waals surface area contributed by atoms with Gasteiger partial charge in [-0.25, -0.2) is 0 Å². The molecule has 1 aliphatic rings. The van der Waals surface area contributed by atoms with Crippen molar-refractivity contribution in [2.75, 3.05) is 17.8 Å². The lowest BCUT2D eigenvalue weighted by Crippen LogP contribution is -2.41. The maximum absolute atomic E-state index is 12.2. The van der Waals surface area contributed by atoms with Crippen molar-refractivity contribution in [1.29, 1.82) is 0 Å². The van der Waals surface area contributed by atoms with Gasteiger partial charge in [-0.05, 0) is 46.8 Å². The summed E-state index contributed by atoms with van der Waals surface area (Å²) in [5.41, 5.74) is 0.580. The summed E-state index contributed by atoms with van der Waals surface area (Å²) in [5.74, 6) is 0.611. The van der Waals surface area contributed by atoms with Crippen molar-refractivity contribution < 1.29 is 8.42 Å². The van der Waals surface area contributed by atoms with Crippen LogP contribution in [0.25, 0.3) is 0 Å². The van der Waals surface area contributed by atoms with Gasteiger partial charge in [0.2, 0.25) is 0 Å². The summed E-state index contributed by atoms with van der Waals surface area (Å²) in [4.78, 5) is 0. The van der Waals surface area contributed by atoms with Gasteiger partial charge in [-0.15, -0.1) is 0 Å². The number of hydrogen-bond acceptors (Lipinski definition) is 2. The average Bonchev–Trinajstić information content (AvgIpc) is 2.32. The minimum Gasteiger partial charge on any atom is -0.270 e. The standard InChI is InChI=1S/C12H17BrN2O2S/c1-10-6-8-15(9-7-10)18(16,17)14-12-5-3-2-4-11(12)13/h2-5,10,14H,6-9H2,1H3. The number of hydrogen-bond donors (Lipinski definition) is 1. The molecule has 0 spiro atoms. The van der Waals surface area contributed by atoms with Crippen LogP contribution < -0.4 is 4.72 Å². The van der Waals surface area contributed by atoms with Crippen LogP contribution in [-0.2, 0) is 10.2 Å². The number of benzene rings is 1. The van der Waals surface area contributed by atoms with Gasteiger partial charge < -0.3 is 0 Å². The summed E-state index contributed by atoms with van der Waals surface area (Å²) in [7, 11) is -3.43. The lowest BCUT2D eigenvalue weighted by atomic mass is 10.0. The molecule has 2 rings (SSSR count). The van der Waals surface area contributed by atoms with Gasteiger partial charge >= 0.3 is 10.2 Å². The third-order valence-electron chi connectivity index (χ3n) is 3.20. The summed E-state index contributed by atoms with van der Waals surface area (Å²) in [6, 6.07) is 7.22. The lowest BCUT2D eigenvalue weighted by molar-refractivity contribution is 0.289.